The lowest BCUT2D eigenvalue weighted by molar-refractivity contribution is 0.0950. The molecular formula is C17H21BrClN3O2. The van der Waals surface area contributed by atoms with Gasteiger partial charge in [0, 0.05) is 18.8 Å². The lowest BCUT2D eigenvalue weighted by atomic mass is 9.99. The minimum Gasteiger partial charge on any atom is -0.350 e. The molecule has 4 N–H and O–H groups in total. The first-order valence-corrected chi connectivity index (χ1v) is 8.19. The van der Waals surface area contributed by atoms with Crippen molar-refractivity contribution in [1.29, 1.82) is 0 Å². The molecule has 0 aliphatic heterocycles. The molecule has 1 unspecified atom stereocenters. The van der Waals surface area contributed by atoms with E-state index in [4.69, 9.17) is 5.73 Å². The average Bonchev–Trinajstić information content (AvgIpc) is 2.54. The summed E-state index contributed by atoms with van der Waals surface area (Å²) < 4.78 is 0.318. The fourth-order valence-corrected chi connectivity index (χ4v) is 2.50. The lowest BCUT2D eigenvalue weighted by Crippen LogP contribution is -2.32. The Balaban J connectivity index is 0.00000288. The standard InChI is InChI=1S/C17H20BrN3O2.ClH/c1-10(2)11-3-5-12(6-4-11)15(19)9-21-16(22)13-7-14(18)17(23)20-8-13;/h3-8,10,15H,9,19H2,1-2H3,(H,20,23)(H,21,22);1H. The van der Waals surface area contributed by atoms with Crippen LogP contribution in [0.15, 0.2) is 45.8 Å². The highest BCUT2D eigenvalue weighted by atomic mass is 79.9. The van der Waals surface area contributed by atoms with E-state index in [9.17, 15) is 9.59 Å². The molecule has 1 aromatic carbocycles. The molecule has 0 saturated heterocycles. The molecule has 24 heavy (non-hydrogen) atoms. The van der Waals surface area contributed by atoms with Gasteiger partial charge in [-0.2, -0.15) is 0 Å². The minimum absolute atomic E-state index is 0. The Hall–Kier alpha value is -1.63. The maximum Gasteiger partial charge on any atom is 0.262 e. The molecule has 1 aromatic heterocycles. The van der Waals surface area contributed by atoms with Gasteiger partial charge in [0.15, 0.2) is 0 Å². The predicted molar refractivity (Wildman–Crippen MR) is 102 cm³/mol. The Bertz CT molecular complexity index is 744. The number of rotatable bonds is 5. The number of carbonyl (C=O) groups excluding carboxylic acids is 1. The maximum atomic E-state index is 12.1. The molecular weight excluding hydrogens is 394 g/mol. The Morgan fingerprint density at radius 1 is 1.25 bits per heavy atom. The van der Waals surface area contributed by atoms with Crippen LogP contribution in [0.25, 0.3) is 0 Å². The van der Waals surface area contributed by atoms with Gasteiger partial charge in [-0.15, -0.1) is 12.4 Å². The summed E-state index contributed by atoms with van der Waals surface area (Å²) in [5.41, 5.74) is 8.44. The molecule has 7 heteroatoms. The molecule has 0 fully saturated rings. The molecule has 0 aliphatic carbocycles. The van der Waals surface area contributed by atoms with E-state index in [1.165, 1.54) is 17.8 Å². The van der Waals surface area contributed by atoms with E-state index in [-0.39, 0.29) is 29.9 Å². The van der Waals surface area contributed by atoms with Crippen LogP contribution < -0.4 is 16.6 Å². The Kier molecular flexibility index (Phi) is 7.66. The second-order valence-corrected chi connectivity index (χ2v) is 6.56. The summed E-state index contributed by atoms with van der Waals surface area (Å²) >= 11 is 3.10. The van der Waals surface area contributed by atoms with E-state index in [1.807, 2.05) is 12.1 Å². The van der Waals surface area contributed by atoms with E-state index >= 15 is 0 Å². The van der Waals surface area contributed by atoms with E-state index in [2.05, 4.69) is 52.2 Å². The van der Waals surface area contributed by atoms with Crippen LogP contribution in [0.5, 0.6) is 0 Å². The number of nitrogens with one attached hydrogen (secondary N) is 2. The number of aromatic nitrogens is 1. The SMILES string of the molecule is CC(C)c1ccc(C(N)CNC(=O)c2c[nH]c(=O)c(Br)c2)cc1.Cl. The summed E-state index contributed by atoms with van der Waals surface area (Å²) in [7, 11) is 0. The summed E-state index contributed by atoms with van der Waals surface area (Å²) in [6, 6.07) is 9.29. The van der Waals surface area contributed by atoms with Crippen LogP contribution >= 0.6 is 28.3 Å². The van der Waals surface area contributed by atoms with Crippen LogP contribution in [0, 0.1) is 0 Å². The number of pyridine rings is 1. The van der Waals surface area contributed by atoms with E-state index in [0.717, 1.165) is 5.56 Å². The van der Waals surface area contributed by atoms with Crippen molar-refractivity contribution in [3.8, 4) is 0 Å². The van der Waals surface area contributed by atoms with E-state index < -0.39 is 0 Å². The van der Waals surface area contributed by atoms with Crippen molar-refractivity contribution in [3.63, 3.8) is 0 Å². The summed E-state index contributed by atoms with van der Waals surface area (Å²) in [5.74, 6) is 0.190. The van der Waals surface area contributed by atoms with E-state index in [0.29, 0.717) is 22.5 Å². The summed E-state index contributed by atoms with van der Waals surface area (Å²) in [5, 5.41) is 2.77. The van der Waals surface area contributed by atoms with Crippen molar-refractivity contribution in [1.82, 2.24) is 10.3 Å². The Morgan fingerprint density at radius 2 is 1.83 bits per heavy atom. The third-order valence-electron chi connectivity index (χ3n) is 3.63. The van der Waals surface area contributed by atoms with Gasteiger partial charge < -0.3 is 16.0 Å². The second kappa shape index (κ2) is 9.01. The van der Waals surface area contributed by atoms with Crippen LogP contribution in [0.3, 0.4) is 0 Å². The molecule has 0 aliphatic rings. The van der Waals surface area contributed by atoms with Crippen LogP contribution in [0.4, 0.5) is 0 Å². The van der Waals surface area contributed by atoms with Gasteiger partial charge in [-0.1, -0.05) is 38.1 Å². The largest absolute Gasteiger partial charge is 0.350 e. The molecule has 0 bridgehead atoms. The number of benzene rings is 1. The third kappa shape index (κ3) is 5.19. The molecule has 5 nitrogen and oxygen atoms in total. The van der Waals surface area contributed by atoms with Gasteiger partial charge in [-0.05, 0) is 39.0 Å². The lowest BCUT2D eigenvalue weighted by Gasteiger charge is -2.14. The Labute approximate surface area is 155 Å². The molecule has 2 rings (SSSR count). The molecule has 0 spiro atoms. The molecule has 130 valence electrons. The molecule has 1 amide bonds. The first-order chi connectivity index (χ1) is 10.9. The predicted octanol–water partition coefficient (Wildman–Crippen LogP) is 3.11. The number of carbonyl (C=O) groups is 1. The Morgan fingerprint density at radius 3 is 2.38 bits per heavy atom. The van der Waals surface area contributed by atoms with Crippen LogP contribution in [-0.4, -0.2) is 17.4 Å². The first-order valence-electron chi connectivity index (χ1n) is 7.40. The first kappa shape index (κ1) is 20.4. The van der Waals surface area contributed by atoms with Gasteiger partial charge >= 0.3 is 0 Å². The van der Waals surface area contributed by atoms with Gasteiger partial charge in [0.1, 0.15) is 0 Å². The van der Waals surface area contributed by atoms with Crippen molar-refractivity contribution in [2.75, 3.05) is 6.54 Å². The minimum atomic E-state index is -0.286. The van der Waals surface area contributed by atoms with Crippen molar-refractivity contribution < 1.29 is 4.79 Å². The zero-order valence-electron chi connectivity index (χ0n) is 13.5. The van der Waals surface area contributed by atoms with Gasteiger partial charge in [0.25, 0.3) is 11.5 Å². The van der Waals surface area contributed by atoms with Crippen LogP contribution in [-0.2, 0) is 0 Å². The fraction of sp³-hybridized carbons (Fsp3) is 0.294. The van der Waals surface area contributed by atoms with Crippen LogP contribution in [0.1, 0.15) is 47.3 Å². The van der Waals surface area contributed by atoms with Crippen LogP contribution in [0.2, 0.25) is 0 Å². The average molecular weight is 415 g/mol. The number of aromatic amines is 1. The highest BCUT2D eigenvalue weighted by Crippen LogP contribution is 2.17. The zero-order valence-corrected chi connectivity index (χ0v) is 15.9. The van der Waals surface area contributed by atoms with Crippen molar-refractivity contribution in [3.05, 3.63) is 68.0 Å². The maximum absolute atomic E-state index is 12.1. The topological polar surface area (TPSA) is 88.0 Å². The highest BCUT2D eigenvalue weighted by Gasteiger charge is 2.11. The highest BCUT2D eigenvalue weighted by molar-refractivity contribution is 9.10. The van der Waals surface area contributed by atoms with Crippen molar-refractivity contribution >= 4 is 34.2 Å². The number of amides is 1. The molecule has 2 aromatic rings. The quantitative estimate of drug-likeness (QED) is 0.702. The van der Waals surface area contributed by atoms with Gasteiger partial charge in [0.05, 0.1) is 10.0 Å². The van der Waals surface area contributed by atoms with Crippen molar-refractivity contribution in [2.45, 2.75) is 25.8 Å². The molecule has 0 radical (unpaired) electrons. The number of halogens is 2. The van der Waals surface area contributed by atoms with Crippen molar-refractivity contribution in [2.24, 2.45) is 5.73 Å². The molecule has 1 atom stereocenters. The van der Waals surface area contributed by atoms with Gasteiger partial charge in [-0.3, -0.25) is 9.59 Å². The van der Waals surface area contributed by atoms with Gasteiger partial charge in [0.2, 0.25) is 0 Å². The summed E-state index contributed by atoms with van der Waals surface area (Å²) in [6.45, 7) is 4.59. The molecule has 0 saturated carbocycles. The fourth-order valence-electron chi connectivity index (χ4n) is 2.14. The number of hydrogen-bond donors (Lipinski definition) is 3. The normalized spacial score (nSPS) is 11.7. The van der Waals surface area contributed by atoms with Gasteiger partial charge in [-0.25, -0.2) is 0 Å². The smallest absolute Gasteiger partial charge is 0.262 e. The van der Waals surface area contributed by atoms with E-state index in [1.54, 1.807) is 0 Å². The monoisotopic (exact) mass is 413 g/mol. The number of hydrogen-bond acceptors (Lipinski definition) is 3. The zero-order chi connectivity index (χ0) is 17.0. The molecule has 1 heterocycles. The summed E-state index contributed by atoms with van der Waals surface area (Å²) in [4.78, 5) is 25.8. The number of H-pyrrole nitrogens is 1. The third-order valence-corrected chi connectivity index (χ3v) is 4.22. The number of nitrogens with two attached hydrogens (primary N) is 1. The summed E-state index contributed by atoms with van der Waals surface area (Å²) in [6.07, 6.45) is 1.38. The second-order valence-electron chi connectivity index (χ2n) is 5.70.